The average molecular weight is 314 g/mol. The third-order valence-electron chi connectivity index (χ3n) is 3.23. The van der Waals surface area contributed by atoms with E-state index in [0.717, 1.165) is 18.8 Å². The molecule has 1 aromatic heterocycles. The summed E-state index contributed by atoms with van der Waals surface area (Å²) >= 11 is 3.33. The van der Waals surface area contributed by atoms with Gasteiger partial charge in [-0.15, -0.1) is 0 Å². The van der Waals surface area contributed by atoms with Gasteiger partial charge in [0.25, 0.3) is 0 Å². The van der Waals surface area contributed by atoms with Gasteiger partial charge in [-0.05, 0) is 34.7 Å². The molecule has 1 aliphatic carbocycles. The first-order valence-corrected chi connectivity index (χ1v) is 6.95. The molecule has 6 heteroatoms. The molecule has 0 bridgehead atoms. The van der Waals surface area contributed by atoms with Crippen LogP contribution in [0.4, 0.5) is 11.4 Å². The fourth-order valence-corrected chi connectivity index (χ4v) is 2.43. The molecule has 5 nitrogen and oxygen atoms in total. The van der Waals surface area contributed by atoms with E-state index < -0.39 is 4.92 Å². The van der Waals surface area contributed by atoms with Gasteiger partial charge in [-0.3, -0.25) is 15.1 Å². The predicted octanol–water partition coefficient (Wildman–Crippen LogP) is 3.74. The Morgan fingerprint density at radius 2 is 2.33 bits per heavy atom. The average Bonchev–Trinajstić information content (AvgIpc) is 3.14. The largest absolute Gasteiger partial charge is 0.376 e. The van der Waals surface area contributed by atoms with Crippen LogP contribution in [0.15, 0.2) is 16.9 Å². The number of pyridine rings is 1. The van der Waals surface area contributed by atoms with E-state index in [4.69, 9.17) is 0 Å². The molecule has 2 rings (SSSR count). The standard InChI is InChI=1S/C12H16BrN3O2/c1-2-9(5-8-3-4-8)15-12-10(13)6-14-7-11(12)16(17)18/h6-9H,2-5H2,1H3,(H,14,15). The first-order chi connectivity index (χ1) is 8.61. The van der Waals surface area contributed by atoms with Gasteiger partial charge in [-0.1, -0.05) is 19.8 Å². The summed E-state index contributed by atoms with van der Waals surface area (Å²) in [5.41, 5.74) is 0.570. The molecule has 1 unspecified atom stereocenters. The highest BCUT2D eigenvalue weighted by molar-refractivity contribution is 9.10. The van der Waals surface area contributed by atoms with Gasteiger partial charge in [0.05, 0.1) is 9.40 Å². The van der Waals surface area contributed by atoms with E-state index in [0.29, 0.717) is 10.2 Å². The zero-order valence-corrected chi connectivity index (χ0v) is 11.8. The van der Waals surface area contributed by atoms with Crippen molar-refractivity contribution in [1.29, 1.82) is 0 Å². The monoisotopic (exact) mass is 313 g/mol. The highest BCUT2D eigenvalue weighted by Crippen LogP contribution is 2.37. The van der Waals surface area contributed by atoms with Gasteiger partial charge in [-0.2, -0.15) is 0 Å². The minimum absolute atomic E-state index is 0.0265. The van der Waals surface area contributed by atoms with E-state index in [1.54, 1.807) is 6.20 Å². The minimum Gasteiger partial charge on any atom is -0.376 e. The Morgan fingerprint density at radius 3 is 2.89 bits per heavy atom. The van der Waals surface area contributed by atoms with Gasteiger partial charge in [0.1, 0.15) is 11.9 Å². The lowest BCUT2D eigenvalue weighted by Crippen LogP contribution is -2.20. The molecule has 0 aliphatic heterocycles. The van der Waals surface area contributed by atoms with Gasteiger partial charge < -0.3 is 5.32 Å². The highest BCUT2D eigenvalue weighted by Gasteiger charge is 2.26. The van der Waals surface area contributed by atoms with Crippen LogP contribution in [0.2, 0.25) is 0 Å². The van der Waals surface area contributed by atoms with Crippen LogP contribution in [0.5, 0.6) is 0 Å². The summed E-state index contributed by atoms with van der Waals surface area (Å²) in [6, 6.07) is 0.287. The summed E-state index contributed by atoms with van der Waals surface area (Å²) in [5.74, 6) is 0.794. The van der Waals surface area contributed by atoms with Gasteiger partial charge in [0.2, 0.25) is 0 Å². The second-order valence-corrected chi connectivity index (χ2v) is 5.56. The van der Waals surface area contributed by atoms with Crippen LogP contribution in [0.1, 0.15) is 32.6 Å². The molecular formula is C12H16BrN3O2. The van der Waals surface area contributed by atoms with E-state index in [9.17, 15) is 10.1 Å². The molecule has 1 N–H and O–H groups in total. The van der Waals surface area contributed by atoms with E-state index in [1.165, 1.54) is 19.0 Å². The number of nitrogens with zero attached hydrogens (tertiary/aromatic N) is 2. The van der Waals surface area contributed by atoms with Crippen LogP contribution in [0, 0.1) is 16.0 Å². The molecule has 0 spiro atoms. The summed E-state index contributed by atoms with van der Waals surface area (Å²) in [5, 5.41) is 14.3. The molecular weight excluding hydrogens is 298 g/mol. The van der Waals surface area contributed by atoms with Crippen molar-refractivity contribution >= 4 is 27.3 Å². The van der Waals surface area contributed by atoms with Crippen LogP contribution in [-0.2, 0) is 0 Å². The predicted molar refractivity (Wildman–Crippen MR) is 73.6 cm³/mol. The Kier molecular flexibility index (Phi) is 4.16. The quantitative estimate of drug-likeness (QED) is 0.641. The molecule has 98 valence electrons. The van der Waals surface area contributed by atoms with Crippen molar-refractivity contribution in [3.8, 4) is 0 Å². The highest BCUT2D eigenvalue weighted by atomic mass is 79.9. The Morgan fingerprint density at radius 1 is 1.61 bits per heavy atom. The number of nitro groups is 1. The minimum atomic E-state index is -0.399. The molecule has 18 heavy (non-hydrogen) atoms. The van der Waals surface area contributed by atoms with Crippen LogP contribution < -0.4 is 5.32 Å². The number of hydrogen-bond acceptors (Lipinski definition) is 4. The summed E-state index contributed by atoms with van der Waals surface area (Å²) in [4.78, 5) is 14.4. The van der Waals surface area contributed by atoms with Crippen LogP contribution >= 0.6 is 15.9 Å². The molecule has 1 aromatic rings. The normalized spacial score (nSPS) is 16.3. The summed E-state index contributed by atoms with van der Waals surface area (Å²) in [6.07, 6.45) is 7.50. The lowest BCUT2D eigenvalue weighted by Gasteiger charge is -2.18. The lowest BCUT2D eigenvalue weighted by molar-refractivity contribution is -0.384. The topological polar surface area (TPSA) is 68.1 Å². The maximum absolute atomic E-state index is 11.0. The van der Waals surface area contributed by atoms with Gasteiger partial charge >= 0.3 is 5.69 Å². The second kappa shape index (κ2) is 5.65. The Balaban J connectivity index is 2.17. The molecule has 0 saturated heterocycles. The Bertz CT molecular complexity index is 449. The van der Waals surface area contributed by atoms with E-state index in [1.807, 2.05) is 0 Å². The number of halogens is 1. The van der Waals surface area contributed by atoms with Gasteiger partial charge in [0.15, 0.2) is 0 Å². The molecule has 0 amide bonds. The van der Waals surface area contributed by atoms with Gasteiger partial charge in [0, 0.05) is 12.2 Å². The molecule has 1 fully saturated rings. The van der Waals surface area contributed by atoms with Crippen LogP contribution in [0.3, 0.4) is 0 Å². The van der Waals surface area contributed by atoms with Crippen molar-refractivity contribution in [2.45, 2.75) is 38.6 Å². The zero-order valence-electron chi connectivity index (χ0n) is 10.2. The first-order valence-electron chi connectivity index (χ1n) is 6.16. The fourth-order valence-electron chi connectivity index (χ4n) is 1.99. The summed E-state index contributed by atoms with van der Waals surface area (Å²) in [7, 11) is 0. The number of aromatic nitrogens is 1. The number of rotatable bonds is 6. The third-order valence-corrected chi connectivity index (χ3v) is 3.83. The lowest BCUT2D eigenvalue weighted by atomic mass is 10.1. The van der Waals surface area contributed by atoms with E-state index in [2.05, 4.69) is 33.2 Å². The molecule has 0 aromatic carbocycles. The zero-order chi connectivity index (χ0) is 13.1. The van der Waals surface area contributed by atoms with E-state index >= 15 is 0 Å². The van der Waals surface area contributed by atoms with E-state index in [-0.39, 0.29) is 11.7 Å². The summed E-state index contributed by atoms with van der Waals surface area (Å²) in [6.45, 7) is 2.10. The van der Waals surface area contributed by atoms with Crippen molar-refractivity contribution in [3.63, 3.8) is 0 Å². The fraction of sp³-hybridized carbons (Fsp3) is 0.583. The smallest absolute Gasteiger partial charge is 0.311 e. The molecule has 0 radical (unpaired) electrons. The number of anilines is 1. The molecule has 1 heterocycles. The SMILES string of the molecule is CCC(CC1CC1)Nc1c(Br)cncc1[N+](=O)[O-]. The van der Waals surface area contributed by atoms with Crippen LogP contribution in [-0.4, -0.2) is 15.9 Å². The number of hydrogen-bond donors (Lipinski definition) is 1. The Hall–Kier alpha value is -1.17. The Labute approximate surface area is 114 Å². The third kappa shape index (κ3) is 3.19. The maximum Gasteiger partial charge on any atom is 0.311 e. The van der Waals surface area contributed by atoms with Crippen molar-refractivity contribution < 1.29 is 4.92 Å². The van der Waals surface area contributed by atoms with Crippen molar-refractivity contribution in [1.82, 2.24) is 4.98 Å². The summed E-state index contributed by atoms with van der Waals surface area (Å²) < 4.78 is 0.644. The number of nitrogens with one attached hydrogen (secondary N) is 1. The first kappa shape index (κ1) is 13.3. The molecule has 1 atom stereocenters. The van der Waals surface area contributed by atoms with Crippen LogP contribution in [0.25, 0.3) is 0 Å². The van der Waals surface area contributed by atoms with Crippen molar-refractivity contribution in [3.05, 3.63) is 27.0 Å². The van der Waals surface area contributed by atoms with Crippen molar-refractivity contribution in [2.24, 2.45) is 5.92 Å². The second-order valence-electron chi connectivity index (χ2n) is 4.70. The molecule has 1 saturated carbocycles. The van der Waals surface area contributed by atoms with Gasteiger partial charge in [-0.25, -0.2) is 0 Å². The maximum atomic E-state index is 11.0. The molecule has 1 aliphatic rings. The van der Waals surface area contributed by atoms with Crippen molar-refractivity contribution in [2.75, 3.05) is 5.32 Å².